The van der Waals surface area contributed by atoms with Gasteiger partial charge >= 0.3 is 0 Å². The van der Waals surface area contributed by atoms with E-state index < -0.39 is 0 Å². The predicted octanol–water partition coefficient (Wildman–Crippen LogP) is 2.05. The minimum absolute atomic E-state index is 0.414. The highest BCUT2D eigenvalue weighted by molar-refractivity contribution is 5.53. The van der Waals surface area contributed by atoms with Crippen molar-refractivity contribution < 1.29 is 4.74 Å². The van der Waals surface area contributed by atoms with Crippen LogP contribution in [0, 0.1) is 11.8 Å². The van der Waals surface area contributed by atoms with E-state index in [4.69, 9.17) is 10.5 Å². The van der Waals surface area contributed by atoms with Crippen LogP contribution in [0.25, 0.3) is 0 Å². The fourth-order valence-electron chi connectivity index (χ4n) is 3.29. The molecule has 1 aromatic heterocycles. The number of aromatic nitrogens is 2. The first-order valence-corrected chi connectivity index (χ1v) is 8.13. The van der Waals surface area contributed by atoms with Crippen molar-refractivity contribution >= 4 is 11.8 Å². The van der Waals surface area contributed by atoms with Gasteiger partial charge in [-0.15, -0.1) is 0 Å². The summed E-state index contributed by atoms with van der Waals surface area (Å²) < 4.78 is 5.78. The van der Waals surface area contributed by atoms with Gasteiger partial charge in [-0.05, 0) is 31.6 Å². The second-order valence-corrected chi connectivity index (χ2v) is 6.56. The Labute approximate surface area is 126 Å². The minimum Gasteiger partial charge on any atom is -0.379 e. The molecule has 3 rings (SSSR count). The van der Waals surface area contributed by atoms with Crippen LogP contribution in [-0.2, 0) is 17.6 Å². The standard InChI is InChI=1S/C16H26N4O/c1-11(2)12-9-20(7-8-21-10-12)15-13-5-3-4-6-14(13)18-16(17)19-15/h11-12H,3-10H2,1-2H3,(H2,17,18,19). The minimum atomic E-state index is 0.414. The summed E-state index contributed by atoms with van der Waals surface area (Å²) in [6.45, 7) is 8.04. The Bertz CT molecular complexity index is 503. The highest BCUT2D eigenvalue weighted by atomic mass is 16.5. The van der Waals surface area contributed by atoms with Gasteiger partial charge in [0.1, 0.15) is 5.82 Å². The van der Waals surface area contributed by atoms with Gasteiger partial charge in [0.05, 0.1) is 18.9 Å². The van der Waals surface area contributed by atoms with E-state index in [1.807, 2.05) is 0 Å². The molecule has 5 nitrogen and oxygen atoms in total. The lowest BCUT2D eigenvalue weighted by molar-refractivity contribution is 0.108. The third-order valence-corrected chi connectivity index (χ3v) is 4.71. The van der Waals surface area contributed by atoms with Gasteiger partial charge < -0.3 is 15.4 Å². The number of fused-ring (bicyclic) bond motifs is 1. The summed E-state index contributed by atoms with van der Waals surface area (Å²) in [5, 5.41) is 0. The first-order chi connectivity index (χ1) is 10.1. The third-order valence-electron chi connectivity index (χ3n) is 4.71. The van der Waals surface area contributed by atoms with Crippen molar-refractivity contribution in [3.8, 4) is 0 Å². The average molecular weight is 290 g/mol. The van der Waals surface area contributed by atoms with Crippen LogP contribution in [0.2, 0.25) is 0 Å². The van der Waals surface area contributed by atoms with E-state index in [0.717, 1.165) is 50.7 Å². The van der Waals surface area contributed by atoms with Crippen molar-refractivity contribution in [1.82, 2.24) is 9.97 Å². The number of hydrogen-bond acceptors (Lipinski definition) is 5. The Morgan fingerprint density at radius 1 is 1.24 bits per heavy atom. The van der Waals surface area contributed by atoms with E-state index in [0.29, 0.717) is 17.8 Å². The molecule has 1 fully saturated rings. The Hall–Kier alpha value is -1.36. The molecule has 5 heteroatoms. The van der Waals surface area contributed by atoms with Crippen molar-refractivity contribution in [2.75, 3.05) is 36.9 Å². The van der Waals surface area contributed by atoms with Gasteiger partial charge in [0.2, 0.25) is 5.95 Å². The molecule has 0 amide bonds. The number of aryl methyl sites for hydroxylation is 1. The largest absolute Gasteiger partial charge is 0.379 e. The van der Waals surface area contributed by atoms with Gasteiger partial charge in [-0.25, -0.2) is 4.98 Å². The van der Waals surface area contributed by atoms with E-state index in [1.165, 1.54) is 18.4 Å². The number of anilines is 2. The summed E-state index contributed by atoms with van der Waals surface area (Å²) in [4.78, 5) is 11.4. The van der Waals surface area contributed by atoms with Crippen LogP contribution in [0.3, 0.4) is 0 Å². The molecule has 21 heavy (non-hydrogen) atoms. The summed E-state index contributed by atoms with van der Waals surface area (Å²) in [5.41, 5.74) is 8.42. The molecule has 0 saturated carbocycles. The van der Waals surface area contributed by atoms with Crippen LogP contribution in [-0.4, -0.2) is 36.3 Å². The Kier molecular flexibility index (Phi) is 4.29. The quantitative estimate of drug-likeness (QED) is 0.903. The highest BCUT2D eigenvalue weighted by Crippen LogP contribution is 2.30. The molecule has 2 N–H and O–H groups in total. The van der Waals surface area contributed by atoms with Gasteiger partial charge in [0, 0.05) is 24.6 Å². The number of nitrogen functional groups attached to an aromatic ring is 1. The zero-order valence-corrected chi connectivity index (χ0v) is 13.1. The summed E-state index contributed by atoms with van der Waals surface area (Å²) in [7, 11) is 0. The first kappa shape index (κ1) is 14.6. The predicted molar refractivity (Wildman–Crippen MR) is 84.4 cm³/mol. The maximum absolute atomic E-state index is 5.94. The van der Waals surface area contributed by atoms with Crippen molar-refractivity contribution in [3.63, 3.8) is 0 Å². The monoisotopic (exact) mass is 290 g/mol. The molecule has 1 atom stereocenters. The topological polar surface area (TPSA) is 64.3 Å². The summed E-state index contributed by atoms with van der Waals surface area (Å²) >= 11 is 0. The number of nitrogens with zero attached hydrogens (tertiary/aromatic N) is 3. The molecular weight excluding hydrogens is 264 g/mol. The SMILES string of the molecule is CC(C)C1COCCN(c2nc(N)nc3c2CCCC3)C1. The maximum Gasteiger partial charge on any atom is 0.222 e. The molecule has 0 bridgehead atoms. The van der Waals surface area contributed by atoms with Crippen LogP contribution < -0.4 is 10.6 Å². The van der Waals surface area contributed by atoms with Gasteiger partial charge in [-0.3, -0.25) is 0 Å². The fourth-order valence-corrected chi connectivity index (χ4v) is 3.29. The van der Waals surface area contributed by atoms with Crippen LogP contribution in [0.15, 0.2) is 0 Å². The lowest BCUT2D eigenvalue weighted by atomic mass is 9.94. The number of ether oxygens (including phenoxy) is 1. The normalized spacial score (nSPS) is 23.0. The van der Waals surface area contributed by atoms with E-state index in [1.54, 1.807) is 0 Å². The number of hydrogen-bond donors (Lipinski definition) is 1. The molecule has 1 aliphatic heterocycles. The van der Waals surface area contributed by atoms with Crippen molar-refractivity contribution in [2.45, 2.75) is 39.5 Å². The van der Waals surface area contributed by atoms with E-state index in [2.05, 4.69) is 28.7 Å². The van der Waals surface area contributed by atoms with Gasteiger partial charge in [0.15, 0.2) is 0 Å². The van der Waals surface area contributed by atoms with Crippen molar-refractivity contribution in [2.24, 2.45) is 11.8 Å². The maximum atomic E-state index is 5.94. The molecule has 0 aromatic carbocycles. The summed E-state index contributed by atoms with van der Waals surface area (Å²) in [6.07, 6.45) is 4.55. The zero-order chi connectivity index (χ0) is 14.8. The molecule has 1 unspecified atom stereocenters. The molecule has 1 aromatic rings. The van der Waals surface area contributed by atoms with Crippen molar-refractivity contribution in [1.29, 1.82) is 0 Å². The van der Waals surface area contributed by atoms with Crippen LogP contribution in [0.5, 0.6) is 0 Å². The molecule has 1 aliphatic carbocycles. The van der Waals surface area contributed by atoms with E-state index in [9.17, 15) is 0 Å². The van der Waals surface area contributed by atoms with Crippen LogP contribution >= 0.6 is 0 Å². The molecule has 2 heterocycles. The molecule has 116 valence electrons. The number of nitrogens with two attached hydrogens (primary N) is 1. The Morgan fingerprint density at radius 3 is 2.86 bits per heavy atom. The Balaban J connectivity index is 1.92. The summed E-state index contributed by atoms with van der Waals surface area (Å²) in [5.74, 6) is 2.63. The summed E-state index contributed by atoms with van der Waals surface area (Å²) in [6, 6.07) is 0. The average Bonchev–Trinajstić information content (AvgIpc) is 2.72. The lowest BCUT2D eigenvalue weighted by Gasteiger charge is -2.30. The van der Waals surface area contributed by atoms with E-state index >= 15 is 0 Å². The first-order valence-electron chi connectivity index (χ1n) is 8.13. The number of rotatable bonds is 2. The molecule has 0 radical (unpaired) electrons. The second kappa shape index (κ2) is 6.18. The highest BCUT2D eigenvalue weighted by Gasteiger charge is 2.26. The fraction of sp³-hybridized carbons (Fsp3) is 0.750. The molecule has 2 aliphatic rings. The third kappa shape index (κ3) is 3.12. The van der Waals surface area contributed by atoms with Crippen LogP contribution in [0.4, 0.5) is 11.8 Å². The Morgan fingerprint density at radius 2 is 2.05 bits per heavy atom. The molecule has 0 spiro atoms. The molecule has 1 saturated heterocycles. The van der Waals surface area contributed by atoms with E-state index in [-0.39, 0.29) is 0 Å². The molecular formula is C16H26N4O. The zero-order valence-electron chi connectivity index (χ0n) is 13.1. The second-order valence-electron chi connectivity index (χ2n) is 6.56. The van der Waals surface area contributed by atoms with Gasteiger partial charge in [-0.2, -0.15) is 4.98 Å². The lowest BCUT2D eigenvalue weighted by Crippen LogP contribution is -2.34. The van der Waals surface area contributed by atoms with Crippen LogP contribution in [0.1, 0.15) is 37.9 Å². The smallest absolute Gasteiger partial charge is 0.222 e. The van der Waals surface area contributed by atoms with Crippen molar-refractivity contribution in [3.05, 3.63) is 11.3 Å². The van der Waals surface area contributed by atoms with Gasteiger partial charge in [-0.1, -0.05) is 13.8 Å². The van der Waals surface area contributed by atoms with Gasteiger partial charge in [0.25, 0.3) is 0 Å².